The van der Waals surface area contributed by atoms with Gasteiger partial charge in [0.2, 0.25) is 11.0 Å². The zero-order valence-electron chi connectivity index (χ0n) is 15.2. The van der Waals surface area contributed by atoms with Gasteiger partial charge in [-0.2, -0.15) is 4.37 Å². The molecule has 0 spiro atoms. The fourth-order valence-corrected chi connectivity index (χ4v) is 5.22. The number of fused-ring (bicyclic) bond motifs is 2. The summed E-state index contributed by atoms with van der Waals surface area (Å²) in [6, 6.07) is 1.34. The lowest BCUT2D eigenvalue weighted by Gasteiger charge is -2.30. The van der Waals surface area contributed by atoms with Gasteiger partial charge in [-0.1, -0.05) is 0 Å². The Kier molecular flexibility index (Phi) is 7.94. The lowest BCUT2D eigenvalue weighted by atomic mass is 9.89. The highest BCUT2D eigenvalue weighted by Gasteiger charge is 2.35. The van der Waals surface area contributed by atoms with Crippen LogP contribution in [0.1, 0.15) is 44.3 Å². The predicted octanol–water partition coefficient (Wildman–Crippen LogP) is 2.65. The number of nitrogens with one attached hydrogen (secondary N) is 1. The summed E-state index contributed by atoms with van der Waals surface area (Å²) in [5.41, 5.74) is 0. The van der Waals surface area contributed by atoms with Crippen LogP contribution < -0.4 is 10.2 Å². The summed E-state index contributed by atoms with van der Waals surface area (Å²) in [4.78, 5) is 21.6. The Hall–Kier alpha value is -0.630. The maximum atomic E-state index is 12.8. The number of hydrogen-bond acceptors (Lipinski definition) is 6. The molecule has 0 aromatic carbocycles. The van der Waals surface area contributed by atoms with Crippen molar-refractivity contribution >= 4 is 47.4 Å². The van der Waals surface area contributed by atoms with Gasteiger partial charge < -0.3 is 15.1 Å². The molecule has 148 valence electrons. The van der Waals surface area contributed by atoms with Crippen LogP contribution in [0.3, 0.4) is 0 Å². The molecule has 0 saturated carbocycles. The minimum absolute atomic E-state index is 0. The zero-order valence-corrected chi connectivity index (χ0v) is 17.7. The third kappa shape index (κ3) is 5.00. The predicted molar refractivity (Wildman–Crippen MR) is 110 cm³/mol. The molecule has 2 unspecified atom stereocenters. The molecule has 0 radical (unpaired) electrons. The second kappa shape index (κ2) is 9.53. The standard InChI is InChI=1S/C17H27N5OS.2ClH/c1-12-18-17(24-20-12)22-6-2-5-21(7-8-22)16(23)11-13-9-14-3-4-15(10-13)19-14;;/h13-15,19H,2-11H2,1H3;2*1H. The fraction of sp³-hybridized carbons (Fsp3) is 0.824. The second-order valence-electron chi connectivity index (χ2n) is 7.52. The van der Waals surface area contributed by atoms with Crippen molar-refractivity contribution in [2.75, 3.05) is 31.1 Å². The summed E-state index contributed by atoms with van der Waals surface area (Å²) in [5, 5.41) is 4.66. The molecule has 4 rings (SSSR count). The van der Waals surface area contributed by atoms with E-state index in [4.69, 9.17) is 0 Å². The van der Waals surface area contributed by atoms with Gasteiger partial charge in [0.25, 0.3) is 0 Å². The number of rotatable bonds is 3. The van der Waals surface area contributed by atoms with Crippen molar-refractivity contribution in [3.05, 3.63) is 5.82 Å². The molecule has 3 aliphatic heterocycles. The van der Waals surface area contributed by atoms with Crippen molar-refractivity contribution in [2.45, 2.75) is 57.5 Å². The van der Waals surface area contributed by atoms with E-state index in [9.17, 15) is 4.79 Å². The number of piperidine rings is 1. The van der Waals surface area contributed by atoms with E-state index in [0.717, 1.165) is 50.0 Å². The topological polar surface area (TPSA) is 61.4 Å². The molecule has 2 atom stereocenters. The summed E-state index contributed by atoms with van der Waals surface area (Å²) in [6.07, 6.45) is 6.73. The number of amides is 1. The zero-order chi connectivity index (χ0) is 16.5. The van der Waals surface area contributed by atoms with Gasteiger partial charge in [0.15, 0.2) is 0 Å². The number of aromatic nitrogens is 2. The number of carbonyl (C=O) groups is 1. The summed E-state index contributed by atoms with van der Waals surface area (Å²) in [5.74, 6) is 1.78. The van der Waals surface area contributed by atoms with E-state index in [0.29, 0.717) is 23.9 Å². The maximum absolute atomic E-state index is 12.8. The Morgan fingerprint density at radius 2 is 1.88 bits per heavy atom. The van der Waals surface area contributed by atoms with Crippen LogP contribution in [0.4, 0.5) is 5.13 Å². The molecular weight excluding hydrogens is 393 g/mol. The molecule has 3 saturated heterocycles. The first-order valence-corrected chi connectivity index (χ1v) is 10.0. The number of hydrogen-bond donors (Lipinski definition) is 1. The molecule has 6 nitrogen and oxygen atoms in total. The molecule has 3 fully saturated rings. The first-order valence-electron chi connectivity index (χ1n) is 9.26. The van der Waals surface area contributed by atoms with Gasteiger partial charge >= 0.3 is 0 Å². The SMILES string of the molecule is Cc1nsc(N2CCCN(C(=O)CC3CC4CCC(C3)N4)CC2)n1.Cl.Cl. The average Bonchev–Trinajstić information content (AvgIpc) is 3.04. The van der Waals surface area contributed by atoms with Crippen molar-refractivity contribution in [3.63, 3.8) is 0 Å². The smallest absolute Gasteiger partial charge is 0.222 e. The Balaban J connectivity index is 0.00000121. The van der Waals surface area contributed by atoms with Crippen LogP contribution in [0.15, 0.2) is 0 Å². The molecule has 1 aromatic heterocycles. The Morgan fingerprint density at radius 1 is 1.15 bits per heavy atom. The van der Waals surface area contributed by atoms with Crippen LogP contribution >= 0.6 is 36.3 Å². The third-order valence-electron chi connectivity index (χ3n) is 5.67. The molecule has 3 aliphatic rings. The molecule has 0 aliphatic carbocycles. The van der Waals surface area contributed by atoms with Crippen molar-refractivity contribution < 1.29 is 4.79 Å². The van der Waals surface area contributed by atoms with Gasteiger partial charge in [-0.25, -0.2) is 4.98 Å². The highest BCUT2D eigenvalue weighted by molar-refractivity contribution is 7.09. The third-order valence-corrected chi connectivity index (χ3v) is 6.54. The minimum atomic E-state index is 0. The Labute approximate surface area is 172 Å². The fourth-order valence-electron chi connectivity index (χ4n) is 4.49. The van der Waals surface area contributed by atoms with Crippen LogP contribution in [0, 0.1) is 12.8 Å². The molecule has 2 bridgehead atoms. The van der Waals surface area contributed by atoms with E-state index in [1.807, 2.05) is 6.92 Å². The maximum Gasteiger partial charge on any atom is 0.222 e. The van der Waals surface area contributed by atoms with Crippen molar-refractivity contribution in [3.8, 4) is 0 Å². The van der Waals surface area contributed by atoms with Gasteiger partial charge in [-0.3, -0.25) is 4.79 Å². The summed E-state index contributed by atoms with van der Waals surface area (Å²) < 4.78 is 4.28. The van der Waals surface area contributed by atoms with Crippen LogP contribution in [0.25, 0.3) is 0 Å². The van der Waals surface area contributed by atoms with Crippen LogP contribution in [0.5, 0.6) is 0 Å². The lowest BCUT2D eigenvalue weighted by Crippen LogP contribution is -2.41. The van der Waals surface area contributed by atoms with Gasteiger partial charge in [0, 0.05) is 56.2 Å². The van der Waals surface area contributed by atoms with Gasteiger partial charge in [0.1, 0.15) is 5.82 Å². The van der Waals surface area contributed by atoms with Crippen LogP contribution in [-0.4, -0.2) is 58.4 Å². The first kappa shape index (κ1) is 21.7. The number of aryl methyl sites for hydroxylation is 1. The van der Waals surface area contributed by atoms with Gasteiger partial charge in [-0.05, 0) is 44.9 Å². The highest BCUT2D eigenvalue weighted by atomic mass is 35.5. The van der Waals surface area contributed by atoms with E-state index >= 15 is 0 Å². The highest BCUT2D eigenvalue weighted by Crippen LogP contribution is 2.33. The van der Waals surface area contributed by atoms with Gasteiger partial charge in [-0.15, -0.1) is 24.8 Å². The minimum Gasteiger partial charge on any atom is -0.345 e. The van der Waals surface area contributed by atoms with E-state index in [2.05, 4.69) is 24.5 Å². The quantitative estimate of drug-likeness (QED) is 0.812. The molecule has 9 heteroatoms. The number of nitrogens with zero attached hydrogens (tertiary/aromatic N) is 4. The molecule has 1 amide bonds. The number of anilines is 1. The average molecular weight is 422 g/mol. The molecular formula is C17H29Cl2N5OS. The van der Waals surface area contributed by atoms with Crippen LogP contribution in [0.2, 0.25) is 0 Å². The summed E-state index contributed by atoms with van der Waals surface area (Å²) in [7, 11) is 0. The van der Waals surface area contributed by atoms with Crippen molar-refractivity contribution in [1.29, 1.82) is 0 Å². The molecule has 4 heterocycles. The van der Waals surface area contributed by atoms with Gasteiger partial charge in [0.05, 0.1) is 0 Å². The second-order valence-corrected chi connectivity index (χ2v) is 8.26. The van der Waals surface area contributed by atoms with E-state index in [1.54, 1.807) is 0 Å². The summed E-state index contributed by atoms with van der Waals surface area (Å²) >= 11 is 1.47. The normalized spacial score (nSPS) is 28.1. The van der Waals surface area contributed by atoms with Crippen molar-refractivity contribution in [1.82, 2.24) is 19.6 Å². The Bertz CT molecular complexity index is 589. The molecule has 26 heavy (non-hydrogen) atoms. The lowest BCUT2D eigenvalue weighted by molar-refractivity contribution is -0.132. The first-order chi connectivity index (χ1) is 11.7. The van der Waals surface area contributed by atoms with Crippen molar-refractivity contribution in [2.24, 2.45) is 5.92 Å². The van der Waals surface area contributed by atoms with E-state index in [-0.39, 0.29) is 24.8 Å². The van der Waals surface area contributed by atoms with Crippen LogP contribution in [-0.2, 0) is 4.79 Å². The monoisotopic (exact) mass is 421 g/mol. The largest absolute Gasteiger partial charge is 0.345 e. The Morgan fingerprint density at radius 3 is 2.54 bits per heavy atom. The molecule has 1 aromatic rings. The summed E-state index contributed by atoms with van der Waals surface area (Å²) in [6.45, 7) is 5.47. The van der Waals surface area contributed by atoms with E-state index < -0.39 is 0 Å². The number of halogens is 2. The number of carbonyl (C=O) groups excluding carboxylic acids is 1. The molecule has 1 N–H and O–H groups in total. The van der Waals surface area contributed by atoms with E-state index in [1.165, 1.54) is 37.2 Å².